The first-order chi connectivity index (χ1) is 11.7. The van der Waals surface area contributed by atoms with Crippen LogP contribution < -0.4 is 14.8 Å². The molecule has 1 aliphatic rings. The van der Waals surface area contributed by atoms with Crippen LogP contribution in [-0.2, 0) is 4.74 Å². The van der Waals surface area contributed by atoms with E-state index >= 15 is 0 Å². The molecule has 8 nitrogen and oxygen atoms in total. The van der Waals surface area contributed by atoms with Crippen LogP contribution in [0.5, 0.6) is 11.5 Å². The topological polar surface area (TPSA) is 80.3 Å². The number of urea groups is 1. The van der Waals surface area contributed by atoms with E-state index in [1.807, 2.05) is 12.1 Å². The molecule has 0 atom stereocenters. The van der Waals surface area contributed by atoms with Crippen molar-refractivity contribution in [1.82, 2.24) is 15.1 Å². The van der Waals surface area contributed by atoms with Gasteiger partial charge in [-0.25, -0.2) is 9.59 Å². The second-order valence-electron chi connectivity index (χ2n) is 5.09. The van der Waals surface area contributed by atoms with Gasteiger partial charge in [0.2, 0.25) is 0 Å². The van der Waals surface area contributed by atoms with Crippen molar-refractivity contribution in [2.24, 2.45) is 0 Å². The number of amides is 3. The predicted octanol–water partition coefficient (Wildman–Crippen LogP) is 1.52. The molecule has 1 saturated heterocycles. The van der Waals surface area contributed by atoms with Gasteiger partial charge in [-0.1, -0.05) is 12.1 Å². The first-order valence-corrected chi connectivity index (χ1v) is 7.86. The van der Waals surface area contributed by atoms with Crippen LogP contribution in [-0.4, -0.2) is 68.6 Å². The molecule has 1 aromatic rings. The lowest BCUT2D eigenvalue weighted by atomic mass is 10.3. The van der Waals surface area contributed by atoms with Crippen molar-refractivity contribution < 1.29 is 23.8 Å². The van der Waals surface area contributed by atoms with E-state index in [4.69, 9.17) is 14.2 Å². The maximum absolute atomic E-state index is 12.1. The van der Waals surface area contributed by atoms with Gasteiger partial charge in [0.15, 0.2) is 18.2 Å². The number of hydrogen-bond acceptors (Lipinski definition) is 5. The molecule has 0 aliphatic carbocycles. The Morgan fingerprint density at radius 2 is 1.71 bits per heavy atom. The zero-order chi connectivity index (χ0) is 17.4. The van der Waals surface area contributed by atoms with Crippen molar-refractivity contribution in [3.8, 4) is 11.5 Å². The number of carbonyl (C=O) groups excluding carboxylic acids is 2. The highest BCUT2D eigenvalue weighted by molar-refractivity contribution is 5.74. The van der Waals surface area contributed by atoms with E-state index in [1.165, 1.54) is 0 Å². The number of para-hydroxylation sites is 2. The molecule has 0 spiro atoms. The molecule has 1 aromatic carbocycles. The Balaban J connectivity index is 1.73. The summed E-state index contributed by atoms with van der Waals surface area (Å²) in [4.78, 5) is 27.0. The summed E-state index contributed by atoms with van der Waals surface area (Å²) >= 11 is 0. The van der Waals surface area contributed by atoms with E-state index in [2.05, 4.69) is 5.32 Å². The summed E-state index contributed by atoms with van der Waals surface area (Å²) in [6.45, 7) is 3.98. The average Bonchev–Trinajstić information content (AvgIpc) is 2.62. The number of piperazine rings is 1. The van der Waals surface area contributed by atoms with Crippen LogP contribution in [0.25, 0.3) is 0 Å². The number of nitrogens with zero attached hydrogens (tertiary/aromatic N) is 2. The SMILES string of the molecule is CCOC(=O)N1CCN(C(=O)NCOc2ccccc2OC)CC1. The van der Waals surface area contributed by atoms with Gasteiger partial charge in [-0.2, -0.15) is 0 Å². The van der Waals surface area contributed by atoms with Crippen molar-refractivity contribution in [3.05, 3.63) is 24.3 Å². The van der Waals surface area contributed by atoms with Crippen LogP contribution in [0.3, 0.4) is 0 Å². The summed E-state index contributed by atoms with van der Waals surface area (Å²) in [5.74, 6) is 1.17. The highest BCUT2D eigenvalue weighted by atomic mass is 16.6. The normalized spacial score (nSPS) is 14.1. The summed E-state index contributed by atoms with van der Waals surface area (Å²) < 4.78 is 15.6. The van der Waals surface area contributed by atoms with Gasteiger partial charge in [0, 0.05) is 26.2 Å². The van der Waals surface area contributed by atoms with Crippen LogP contribution in [0, 0.1) is 0 Å². The first kappa shape index (κ1) is 17.7. The minimum absolute atomic E-state index is 0.0390. The predicted molar refractivity (Wildman–Crippen MR) is 87.2 cm³/mol. The monoisotopic (exact) mass is 337 g/mol. The van der Waals surface area contributed by atoms with Gasteiger partial charge in [-0.15, -0.1) is 0 Å². The number of methoxy groups -OCH3 is 1. The molecular weight excluding hydrogens is 314 g/mol. The van der Waals surface area contributed by atoms with Crippen LogP contribution in [0.1, 0.15) is 6.92 Å². The molecule has 0 saturated carbocycles. The fraction of sp³-hybridized carbons (Fsp3) is 0.500. The number of hydrogen-bond donors (Lipinski definition) is 1. The van der Waals surface area contributed by atoms with E-state index in [9.17, 15) is 9.59 Å². The second-order valence-corrected chi connectivity index (χ2v) is 5.09. The average molecular weight is 337 g/mol. The molecule has 24 heavy (non-hydrogen) atoms. The van der Waals surface area contributed by atoms with Crippen molar-refractivity contribution in [3.63, 3.8) is 0 Å². The van der Waals surface area contributed by atoms with E-state index in [1.54, 1.807) is 36.0 Å². The molecule has 1 N–H and O–H groups in total. The van der Waals surface area contributed by atoms with Crippen molar-refractivity contribution in [2.75, 3.05) is 46.6 Å². The summed E-state index contributed by atoms with van der Waals surface area (Å²) in [6.07, 6.45) is -0.336. The molecule has 0 unspecified atom stereocenters. The molecule has 2 rings (SSSR count). The Morgan fingerprint density at radius 1 is 1.08 bits per heavy atom. The lowest BCUT2D eigenvalue weighted by Gasteiger charge is -2.33. The zero-order valence-electron chi connectivity index (χ0n) is 14.0. The molecule has 3 amide bonds. The van der Waals surface area contributed by atoms with E-state index in [0.29, 0.717) is 44.3 Å². The molecule has 1 fully saturated rings. The minimum Gasteiger partial charge on any atom is -0.493 e. The largest absolute Gasteiger partial charge is 0.493 e. The first-order valence-electron chi connectivity index (χ1n) is 7.86. The quantitative estimate of drug-likeness (QED) is 0.824. The molecule has 0 bridgehead atoms. The van der Waals surface area contributed by atoms with Crippen LogP contribution >= 0.6 is 0 Å². The summed E-state index contributed by atoms with van der Waals surface area (Å²) in [5, 5.41) is 2.70. The highest BCUT2D eigenvalue weighted by Gasteiger charge is 2.24. The second kappa shape index (κ2) is 8.85. The van der Waals surface area contributed by atoms with Gasteiger partial charge < -0.3 is 29.3 Å². The molecule has 0 aromatic heterocycles. The van der Waals surface area contributed by atoms with Crippen molar-refractivity contribution >= 4 is 12.1 Å². The van der Waals surface area contributed by atoms with E-state index in [0.717, 1.165) is 0 Å². The third kappa shape index (κ3) is 4.68. The Hall–Kier alpha value is -2.64. The third-order valence-electron chi connectivity index (χ3n) is 3.61. The highest BCUT2D eigenvalue weighted by Crippen LogP contribution is 2.25. The van der Waals surface area contributed by atoms with Gasteiger partial charge in [0.25, 0.3) is 0 Å². The van der Waals surface area contributed by atoms with Gasteiger partial charge in [-0.05, 0) is 19.1 Å². The van der Waals surface area contributed by atoms with Gasteiger partial charge in [0.05, 0.1) is 13.7 Å². The molecule has 132 valence electrons. The number of carbonyl (C=O) groups is 2. The standard InChI is InChI=1S/C16H23N3O5/c1-3-23-16(21)19-10-8-18(9-11-19)15(20)17-12-24-14-7-5-4-6-13(14)22-2/h4-7H,3,8-12H2,1-2H3,(H,17,20). The van der Waals surface area contributed by atoms with Crippen molar-refractivity contribution in [1.29, 1.82) is 0 Å². The minimum atomic E-state index is -0.336. The Kier molecular flexibility index (Phi) is 6.53. The van der Waals surface area contributed by atoms with Gasteiger partial charge in [0.1, 0.15) is 0 Å². The van der Waals surface area contributed by atoms with Gasteiger partial charge >= 0.3 is 12.1 Å². The van der Waals surface area contributed by atoms with E-state index < -0.39 is 0 Å². The molecular formula is C16H23N3O5. The van der Waals surface area contributed by atoms with Crippen LogP contribution in [0.4, 0.5) is 9.59 Å². The fourth-order valence-electron chi connectivity index (χ4n) is 2.33. The Bertz CT molecular complexity index is 558. The number of ether oxygens (including phenoxy) is 3. The number of rotatable bonds is 5. The Morgan fingerprint density at radius 3 is 2.33 bits per heavy atom. The van der Waals surface area contributed by atoms with Crippen LogP contribution in [0.15, 0.2) is 24.3 Å². The maximum atomic E-state index is 12.1. The summed E-state index contributed by atoms with van der Waals surface area (Å²) in [7, 11) is 1.56. The molecule has 8 heteroatoms. The van der Waals surface area contributed by atoms with Gasteiger partial charge in [-0.3, -0.25) is 0 Å². The Labute approximate surface area is 141 Å². The van der Waals surface area contributed by atoms with Crippen molar-refractivity contribution in [2.45, 2.75) is 6.92 Å². The molecule has 1 heterocycles. The summed E-state index contributed by atoms with van der Waals surface area (Å²) in [6, 6.07) is 6.99. The zero-order valence-corrected chi connectivity index (χ0v) is 14.0. The third-order valence-corrected chi connectivity index (χ3v) is 3.61. The lowest BCUT2D eigenvalue weighted by molar-refractivity contribution is 0.0842. The molecule has 0 radical (unpaired) electrons. The smallest absolute Gasteiger partial charge is 0.409 e. The lowest BCUT2D eigenvalue weighted by Crippen LogP contribution is -2.53. The van der Waals surface area contributed by atoms with Crippen LogP contribution in [0.2, 0.25) is 0 Å². The number of nitrogens with one attached hydrogen (secondary N) is 1. The number of benzene rings is 1. The summed E-state index contributed by atoms with van der Waals surface area (Å²) in [5.41, 5.74) is 0. The maximum Gasteiger partial charge on any atom is 0.409 e. The molecule has 1 aliphatic heterocycles. The van der Waals surface area contributed by atoms with E-state index in [-0.39, 0.29) is 18.9 Å². The fourth-order valence-corrected chi connectivity index (χ4v) is 2.33.